The van der Waals surface area contributed by atoms with Crippen LogP contribution >= 0.6 is 0 Å². The molecule has 120 valence electrons. The second-order valence-corrected chi connectivity index (χ2v) is 7.07. The fourth-order valence-electron chi connectivity index (χ4n) is 3.84. The van der Waals surface area contributed by atoms with E-state index in [0.717, 1.165) is 32.1 Å². The fraction of sp³-hybridized carbons (Fsp3) is 0.632. The number of hydrogen-bond acceptors (Lipinski definition) is 2. The molecule has 0 aromatic heterocycles. The number of rotatable bonds is 6. The number of piperidine rings is 1. The van der Waals surface area contributed by atoms with Crippen LogP contribution < -0.4 is 10.6 Å². The third-order valence-electron chi connectivity index (χ3n) is 5.08. The van der Waals surface area contributed by atoms with Crippen molar-refractivity contribution in [3.05, 3.63) is 35.4 Å². The van der Waals surface area contributed by atoms with Crippen molar-refractivity contribution >= 4 is 5.91 Å². The third kappa shape index (κ3) is 4.33. The number of benzene rings is 1. The summed E-state index contributed by atoms with van der Waals surface area (Å²) >= 11 is 0. The first-order valence-electron chi connectivity index (χ1n) is 8.80. The Morgan fingerprint density at radius 2 is 1.82 bits per heavy atom. The van der Waals surface area contributed by atoms with Crippen molar-refractivity contribution in [2.45, 2.75) is 76.4 Å². The summed E-state index contributed by atoms with van der Waals surface area (Å²) in [7, 11) is 0. The number of carbonyl (C=O) groups excluding carboxylic acids is 1. The molecule has 1 aromatic carbocycles. The Morgan fingerprint density at radius 1 is 1.14 bits per heavy atom. The molecule has 0 spiro atoms. The van der Waals surface area contributed by atoms with Crippen LogP contribution in [-0.2, 0) is 11.2 Å². The standard InChI is InChI=1S/C19H28N2O/c1-14-6-8-15(9-7-14)4-2-3-5-19(22)21-18-12-16-10-11-17(13-18)20-16/h6-9,16-18,20H,2-5,10-13H2,1H3,(H,21,22). The monoisotopic (exact) mass is 300 g/mol. The van der Waals surface area contributed by atoms with Gasteiger partial charge in [0.2, 0.25) is 5.91 Å². The normalized spacial score (nSPS) is 26.9. The van der Waals surface area contributed by atoms with Crippen molar-refractivity contribution in [2.24, 2.45) is 0 Å². The van der Waals surface area contributed by atoms with Gasteiger partial charge in [-0.25, -0.2) is 0 Å². The molecule has 2 heterocycles. The molecule has 2 N–H and O–H groups in total. The Morgan fingerprint density at radius 3 is 2.50 bits per heavy atom. The first-order valence-corrected chi connectivity index (χ1v) is 8.80. The van der Waals surface area contributed by atoms with Crippen molar-refractivity contribution in [1.29, 1.82) is 0 Å². The molecule has 2 unspecified atom stereocenters. The van der Waals surface area contributed by atoms with E-state index in [9.17, 15) is 4.79 Å². The predicted molar refractivity (Wildman–Crippen MR) is 89.8 cm³/mol. The first kappa shape index (κ1) is 15.5. The van der Waals surface area contributed by atoms with Gasteiger partial charge in [-0.2, -0.15) is 0 Å². The van der Waals surface area contributed by atoms with Gasteiger partial charge in [0.05, 0.1) is 0 Å². The molecule has 0 saturated carbocycles. The van der Waals surface area contributed by atoms with E-state index in [0.29, 0.717) is 24.5 Å². The number of hydrogen-bond donors (Lipinski definition) is 2. The van der Waals surface area contributed by atoms with Crippen LogP contribution in [0.2, 0.25) is 0 Å². The number of amides is 1. The van der Waals surface area contributed by atoms with Gasteiger partial charge < -0.3 is 10.6 Å². The summed E-state index contributed by atoms with van der Waals surface area (Å²) in [6.07, 6.45) is 8.63. The van der Waals surface area contributed by atoms with E-state index < -0.39 is 0 Å². The van der Waals surface area contributed by atoms with Gasteiger partial charge in [-0.15, -0.1) is 0 Å². The number of unbranched alkanes of at least 4 members (excludes halogenated alkanes) is 1. The molecule has 3 rings (SSSR count). The van der Waals surface area contributed by atoms with Gasteiger partial charge in [-0.1, -0.05) is 29.8 Å². The Bertz CT molecular complexity index is 485. The van der Waals surface area contributed by atoms with Crippen molar-refractivity contribution in [2.75, 3.05) is 0 Å². The maximum atomic E-state index is 12.1. The molecule has 0 aliphatic carbocycles. The molecule has 2 aliphatic rings. The summed E-state index contributed by atoms with van der Waals surface area (Å²) in [5.74, 6) is 0.246. The van der Waals surface area contributed by atoms with Crippen LogP contribution in [0.4, 0.5) is 0 Å². The van der Waals surface area contributed by atoms with Crippen LogP contribution in [0.3, 0.4) is 0 Å². The Labute approximate surface area is 133 Å². The lowest BCUT2D eigenvalue weighted by atomic mass is 9.99. The zero-order valence-electron chi connectivity index (χ0n) is 13.6. The lowest BCUT2D eigenvalue weighted by Crippen LogP contribution is -2.47. The van der Waals surface area contributed by atoms with Gasteiger partial charge in [-0.05, 0) is 57.4 Å². The molecule has 3 nitrogen and oxygen atoms in total. The summed E-state index contributed by atoms with van der Waals surface area (Å²) in [6.45, 7) is 2.11. The molecule has 2 fully saturated rings. The number of nitrogens with one attached hydrogen (secondary N) is 2. The van der Waals surface area contributed by atoms with E-state index in [1.165, 1.54) is 24.0 Å². The summed E-state index contributed by atoms with van der Waals surface area (Å²) in [6, 6.07) is 10.4. The summed E-state index contributed by atoms with van der Waals surface area (Å²) in [4.78, 5) is 12.1. The van der Waals surface area contributed by atoms with E-state index in [1.807, 2.05) is 0 Å². The minimum Gasteiger partial charge on any atom is -0.353 e. The van der Waals surface area contributed by atoms with Crippen LogP contribution in [0.15, 0.2) is 24.3 Å². The number of carbonyl (C=O) groups is 1. The zero-order chi connectivity index (χ0) is 15.4. The van der Waals surface area contributed by atoms with Crippen LogP contribution in [-0.4, -0.2) is 24.0 Å². The largest absolute Gasteiger partial charge is 0.353 e. The van der Waals surface area contributed by atoms with Crippen LogP contribution in [0.25, 0.3) is 0 Å². The van der Waals surface area contributed by atoms with Gasteiger partial charge in [0.25, 0.3) is 0 Å². The average molecular weight is 300 g/mol. The molecule has 2 atom stereocenters. The molecule has 2 saturated heterocycles. The summed E-state index contributed by atoms with van der Waals surface area (Å²) in [5, 5.41) is 6.86. The second-order valence-electron chi connectivity index (χ2n) is 7.07. The predicted octanol–water partition coefficient (Wildman–Crippen LogP) is 3.11. The van der Waals surface area contributed by atoms with Crippen LogP contribution in [0.1, 0.15) is 56.1 Å². The summed E-state index contributed by atoms with van der Waals surface area (Å²) < 4.78 is 0. The maximum absolute atomic E-state index is 12.1. The molecule has 0 radical (unpaired) electrons. The first-order chi connectivity index (χ1) is 10.7. The van der Waals surface area contributed by atoms with E-state index in [-0.39, 0.29) is 5.91 Å². The quantitative estimate of drug-likeness (QED) is 0.793. The van der Waals surface area contributed by atoms with Crippen molar-refractivity contribution in [3.8, 4) is 0 Å². The lowest BCUT2D eigenvalue weighted by molar-refractivity contribution is -0.122. The number of fused-ring (bicyclic) bond motifs is 2. The molecule has 22 heavy (non-hydrogen) atoms. The van der Waals surface area contributed by atoms with Crippen molar-refractivity contribution in [3.63, 3.8) is 0 Å². The van der Waals surface area contributed by atoms with E-state index >= 15 is 0 Å². The van der Waals surface area contributed by atoms with Crippen molar-refractivity contribution < 1.29 is 4.79 Å². The average Bonchev–Trinajstić information content (AvgIpc) is 2.84. The van der Waals surface area contributed by atoms with Gasteiger partial charge in [0, 0.05) is 24.5 Å². The Kier molecular flexibility index (Phi) is 5.14. The van der Waals surface area contributed by atoms with E-state index in [2.05, 4.69) is 41.8 Å². The van der Waals surface area contributed by atoms with Crippen molar-refractivity contribution in [1.82, 2.24) is 10.6 Å². The minimum atomic E-state index is 0.246. The molecule has 2 aliphatic heterocycles. The van der Waals surface area contributed by atoms with E-state index in [1.54, 1.807) is 0 Å². The smallest absolute Gasteiger partial charge is 0.220 e. The van der Waals surface area contributed by atoms with Gasteiger partial charge >= 0.3 is 0 Å². The number of aryl methyl sites for hydroxylation is 2. The highest BCUT2D eigenvalue weighted by atomic mass is 16.1. The van der Waals surface area contributed by atoms with Gasteiger partial charge in [0.1, 0.15) is 0 Å². The molecular formula is C19H28N2O. The zero-order valence-corrected chi connectivity index (χ0v) is 13.6. The van der Waals surface area contributed by atoms with Crippen LogP contribution in [0, 0.1) is 6.92 Å². The highest BCUT2D eigenvalue weighted by Gasteiger charge is 2.33. The molecule has 2 bridgehead atoms. The fourth-order valence-corrected chi connectivity index (χ4v) is 3.84. The molecule has 1 aromatic rings. The Balaban J connectivity index is 1.32. The van der Waals surface area contributed by atoms with Gasteiger partial charge in [-0.3, -0.25) is 4.79 Å². The summed E-state index contributed by atoms with van der Waals surface area (Å²) in [5.41, 5.74) is 2.68. The maximum Gasteiger partial charge on any atom is 0.220 e. The second kappa shape index (κ2) is 7.28. The molecule has 3 heteroatoms. The topological polar surface area (TPSA) is 41.1 Å². The highest BCUT2D eigenvalue weighted by molar-refractivity contribution is 5.76. The molecular weight excluding hydrogens is 272 g/mol. The molecule has 1 amide bonds. The Hall–Kier alpha value is -1.35. The minimum absolute atomic E-state index is 0.246. The third-order valence-corrected chi connectivity index (χ3v) is 5.08. The van der Waals surface area contributed by atoms with Crippen LogP contribution in [0.5, 0.6) is 0 Å². The SMILES string of the molecule is Cc1ccc(CCCCC(=O)NC2CC3CCC(C2)N3)cc1. The van der Waals surface area contributed by atoms with Gasteiger partial charge in [0.15, 0.2) is 0 Å². The lowest BCUT2D eigenvalue weighted by Gasteiger charge is -2.29. The van der Waals surface area contributed by atoms with E-state index in [4.69, 9.17) is 0 Å². The highest BCUT2D eigenvalue weighted by Crippen LogP contribution is 2.26.